The molecule has 122 valence electrons. The highest BCUT2D eigenvalue weighted by Crippen LogP contribution is 2.22. The van der Waals surface area contributed by atoms with Crippen molar-refractivity contribution < 1.29 is 14.7 Å². The van der Waals surface area contributed by atoms with Crippen molar-refractivity contribution in [1.29, 1.82) is 0 Å². The minimum absolute atomic E-state index is 0.0828. The Balaban J connectivity index is 1.75. The van der Waals surface area contributed by atoms with E-state index in [1.165, 1.54) is 6.21 Å². The molecule has 2 amide bonds. The van der Waals surface area contributed by atoms with Crippen molar-refractivity contribution in [2.75, 3.05) is 25.1 Å². The number of anilines is 1. The molecule has 0 fully saturated rings. The van der Waals surface area contributed by atoms with Gasteiger partial charge < -0.3 is 10.0 Å². The molecule has 2 aromatic rings. The van der Waals surface area contributed by atoms with E-state index in [1.807, 2.05) is 36.2 Å². The second kappa shape index (κ2) is 6.64. The Kier molecular flexibility index (Phi) is 4.39. The maximum absolute atomic E-state index is 12.2. The zero-order valence-electron chi connectivity index (χ0n) is 13.2. The lowest BCUT2D eigenvalue weighted by Crippen LogP contribution is -2.24. The molecule has 0 unspecified atom stereocenters. The number of aliphatic hydroxyl groups excluding tert-OH is 1. The third-order valence-electron chi connectivity index (χ3n) is 3.86. The van der Waals surface area contributed by atoms with Gasteiger partial charge in [-0.2, -0.15) is 10.1 Å². The molecule has 1 heterocycles. The third-order valence-corrected chi connectivity index (χ3v) is 3.86. The standard InChI is InChI=1S/C18H17N3O3/c1-20(10-11-22)14-8-6-13(7-9-14)12-19-21-17(23)15-4-2-3-5-16(15)18(21)24/h2-9,12,22H,10-11H2,1H3/b19-12-. The summed E-state index contributed by atoms with van der Waals surface area (Å²) in [6, 6.07) is 14.1. The molecule has 0 aromatic heterocycles. The quantitative estimate of drug-likeness (QED) is 0.672. The number of imide groups is 1. The van der Waals surface area contributed by atoms with Gasteiger partial charge in [0.15, 0.2) is 0 Å². The number of carbonyl (C=O) groups is 2. The van der Waals surface area contributed by atoms with Crippen LogP contribution < -0.4 is 4.90 Å². The van der Waals surface area contributed by atoms with Gasteiger partial charge >= 0.3 is 0 Å². The van der Waals surface area contributed by atoms with Gasteiger partial charge in [-0.05, 0) is 29.8 Å². The second-order valence-corrected chi connectivity index (χ2v) is 5.45. The topological polar surface area (TPSA) is 73.2 Å². The van der Waals surface area contributed by atoms with Gasteiger partial charge in [0.25, 0.3) is 11.8 Å². The number of hydrogen-bond acceptors (Lipinski definition) is 5. The van der Waals surface area contributed by atoms with E-state index in [9.17, 15) is 9.59 Å². The maximum Gasteiger partial charge on any atom is 0.282 e. The number of rotatable bonds is 5. The lowest BCUT2D eigenvalue weighted by Gasteiger charge is -2.17. The SMILES string of the molecule is CN(CCO)c1ccc(/C=N\N2C(=O)c3ccccc3C2=O)cc1. The lowest BCUT2D eigenvalue weighted by atomic mass is 10.1. The van der Waals surface area contributed by atoms with Crippen LogP contribution in [-0.2, 0) is 0 Å². The van der Waals surface area contributed by atoms with Gasteiger partial charge in [0.05, 0.1) is 23.9 Å². The number of nitrogens with zero attached hydrogens (tertiary/aromatic N) is 3. The maximum atomic E-state index is 12.2. The van der Waals surface area contributed by atoms with Crippen molar-refractivity contribution in [3.63, 3.8) is 0 Å². The highest BCUT2D eigenvalue weighted by molar-refractivity contribution is 6.21. The summed E-state index contributed by atoms with van der Waals surface area (Å²) in [6.07, 6.45) is 1.48. The Morgan fingerprint density at radius 3 is 2.17 bits per heavy atom. The van der Waals surface area contributed by atoms with Crippen molar-refractivity contribution in [2.45, 2.75) is 0 Å². The van der Waals surface area contributed by atoms with E-state index in [2.05, 4.69) is 5.10 Å². The molecular weight excluding hydrogens is 306 g/mol. The highest BCUT2D eigenvalue weighted by Gasteiger charge is 2.35. The van der Waals surface area contributed by atoms with Crippen molar-refractivity contribution in [3.05, 3.63) is 65.2 Å². The van der Waals surface area contributed by atoms with Crippen LogP contribution in [0.15, 0.2) is 53.6 Å². The summed E-state index contributed by atoms with van der Waals surface area (Å²) in [5.41, 5.74) is 2.48. The second-order valence-electron chi connectivity index (χ2n) is 5.45. The van der Waals surface area contributed by atoms with E-state index in [0.717, 1.165) is 16.3 Å². The van der Waals surface area contributed by atoms with E-state index >= 15 is 0 Å². The first kappa shape index (κ1) is 15.9. The molecule has 1 aliphatic heterocycles. The Morgan fingerprint density at radius 2 is 1.62 bits per heavy atom. The summed E-state index contributed by atoms with van der Waals surface area (Å²) in [5.74, 6) is -0.822. The number of fused-ring (bicyclic) bond motifs is 1. The normalized spacial score (nSPS) is 13.7. The minimum atomic E-state index is -0.411. The van der Waals surface area contributed by atoms with Crippen LogP contribution in [0.2, 0.25) is 0 Å². The van der Waals surface area contributed by atoms with Crippen LogP contribution >= 0.6 is 0 Å². The Hall–Kier alpha value is -2.99. The molecule has 0 saturated carbocycles. The van der Waals surface area contributed by atoms with E-state index in [-0.39, 0.29) is 6.61 Å². The van der Waals surface area contributed by atoms with Gasteiger partial charge in [0.1, 0.15) is 0 Å². The van der Waals surface area contributed by atoms with Crippen molar-refractivity contribution >= 4 is 23.7 Å². The summed E-state index contributed by atoms with van der Waals surface area (Å²) >= 11 is 0. The van der Waals surface area contributed by atoms with Crippen molar-refractivity contribution in [3.8, 4) is 0 Å². The Bertz CT molecular complexity index is 764. The van der Waals surface area contributed by atoms with Gasteiger partial charge in [-0.3, -0.25) is 9.59 Å². The van der Waals surface area contributed by atoms with Gasteiger partial charge in [-0.25, -0.2) is 0 Å². The molecule has 3 rings (SSSR count). The van der Waals surface area contributed by atoms with Gasteiger partial charge in [-0.15, -0.1) is 0 Å². The summed E-state index contributed by atoms with van der Waals surface area (Å²) in [7, 11) is 1.89. The van der Waals surface area contributed by atoms with Crippen LogP contribution in [-0.4, -0.2) is 48.3 Å². The van der Waals surface area contributed by atoms with Gasteiger partial charge in [0, 0.05) is 19.3 Å². The minimum Gasteiger partial charge on any atom is -0.395 e. The first-order valence-corrected chi connectivity index (χ1v) is 7.55. The number of hydrogen-bond donors (Lipinski definition) is 1. The van der Waals surface area contributed by atoms with Crippen LogP contribution in [0.4, 0.5) is 5.69 Å². The fourth-order valence-electron chi connectivity index (χ4n) is 2.50. The zero-order chi connectivity index (χ0) is 17.1. The van der Waals surface area contributed by atoms with E-state index in [4.69, 9.17) is 5.11 Å². The van der Waals surface area contributed by atoms with Crippen molar-refractivity contribution in [1.82, 2.24) is 5.01 Å². The Labute approximate surface area is 139 Å². The molecule has 0 spiro atoms. The first-order chi connectivity index (χ1) is 11.6. The van der Waals surface area contributed by atoms with Gasteiger partial charge in [-0.1, -0.05) is 24.3 Å². The number of amides is 2. The molecule has 6 heteroatoms. The average molecular weight is 323 g/mol. The predicted molar refractivity (Wildman–Crippen MR) is 91.3 cm³/mol. The molecule has 6 nitrogen and oxygen atoms in total. The smallest absolute Gasteiger partial charge is 0.282 e. The summed E-state index contributed by atoms with van der Waals surface area (Å²) in [5, 5.41) is 13.9. The molecule has 0 aliphatic carbocycles. The fraction of sp³-hybridized carbons (Fsp3) is 0.167. The largest absolute Gasteiger partial charge is 0.395 e. The molecular formula is C18H17N3O3. The molecule has 0 saturated heterocycles. The molecule has 0 atom stereocenters. The molecule has 2 aromatic carbocycles. The fourth-order valence-corrected chi connectivity index (χ4v) is 2.50. The Morgan fingerprint density at radius 1 is 1.04 bits per heavy atom. The van der Waals surface area contributed by atoms with Crippen LogP contribution in [0, 0.1) is 0 Å². The highest BCUT2D eigenvalue weighted by atomic mass is 16.3. The predicted octanol–water partition coefficient (Wildman–Crippen LogP) is 1.75. The molecule has 24 heavy (non-hydrogen) atoms. The first-order valence-electron chi connectivity index (χ1n) is 7.55. The molecule has 1 aliphatic rings. The van der Waals surface area contributed by atoms with Crippen LogP contribution in [0.3, 0.4) is 0 Å². The van der Waals surface area contributed by atoms with Crippen LogP contribution in [0.5, 0.6) is 0 Å². The molecule has 0 radical (unpaired) electrons. The third kappa shape index (κ3) is 2.91. The van der Waals surface area contributed by atoms with E-state index in [0.29, 0.717) is 17.7 Å². The van der Waals surface area contributed by atoms with Gasteiger partial charge in [0.2, 0.25) is 0 Å². The number of hydrazone groups is 1. The van der Waals surface area contributed by atoms with E-state index in [1.54, 1.807) is 24.3 Å². The zero-order valence-corrected chi connectivity index (χ0v) is 13.2. The monoisotopic (exact) mass is 323 g/mol. The van der Waals surface area contributed by atoms with Crippen molar-refractivity contribution in [2.24, 2.45) is 5.10 Å². The number of carbonyl (C=O) groups excluding carboxylic acids is 2. The molecule has 0 bridgehead atoms. The lowest BCUT2D eigenvalue weighted by molar-refractivity contribution is 0.0660. The van der Waals surface area contributed by atoms with Crippen LogP contribution in [0.1, 0.15) is 26.3 Å². The summed E-state index contributed by atoms with van der Waals surface area (Å²) in [4.78, 5) is 26.3. The van der Waals surface area contributed by atoms with E-state index < -0.39 is 11.8 Å². The molecule has 1 N–H and O–H groups in total. The number of likely N-dealkylation sites (N-methyl/N-ethyl adjacent to an activating group) is 1. The summed E-state index contributed by atoms with van der Waals surface area (Å²) < 4.78 is 0. The number of benzene rings is 2. The van der Waals surface area contributed by atoms with Crippen LogP contribution in [0.25, 0.3) is 0 Å². The average Bonchev–Trinajstić information content (AvgIpc) is 2.85. The summed E-state index contributed by atoms with van der Waals surface area (Å²) in [6.45, 7) is 0.627. The number of aliphatic hydroxyl groups is 1.